The molecule has 0 fully saturated rings. The molecule has 0 atom stereocenters. The summed E-state index contributed by atoms with van der Waals surface area (Å²) >= 11 is 1.31. The monoisotopic (exact) mass is 378 g/mol. The van der Waals surface area contributed by atoms with E-state index in [1.807, 2.05) is 0 Å². The van der Waals surface area contributed by atoms with E-state index in [1.54, 1.807) is 48.7 Å². The van der Waals surface area contributed by atoms with E-state index in [9.17, 15) is 19.5 Å². The van der Waals surface area contributed by atoms with Gasteiger partial charge in [-0.15, -0.1) is 11.3 Å². The van der Waals surface area contributed by atoms with Gasteiger partial charge in [-0.25, -0.2) is 4.79 Å². The molecule has 0 saturated carbocycles. The third-order valence-corrected chi connectivity index (χ3v) is 5.33. The van der Waals surface area contributed by atoms with Crippen molar-refractivity contribution >= 4 is 28.9 Å². The summed E-state index contributed by atoms with van der Waals surface area (Å²) in [4.78, 5) is 39.3. The summed E-state index contributed by atoms with van der Waals surface area (Å²) in [5.74, 6) is -1.82. The summed E-state index contributed by atoms with van der Waals surface area (Å²) in [5.41, 5.74) is 0.934. The minimum atomic E-state index is -0.736. The van der Waals surface area contributed by atoms with Gasteiger partial charge in [0.25, 0.3) is 0 Å². The van der Waals surface area contributed by atoms with Gasteiger partial charge >= 0.3 is 5.97 Å². The first-order chi connectivity index (χ1) is 13.0. The van der Waals surface area contributed by atoms with Crippen molar-refractivity contribution in [2.45, 2.75) is 6.92 Å². The highest BCUT2D eigenvalue weighted by molar-refractivity contribution is 7.13. The largest absolute Gasteiger partial charge is 0.507 e. The first kappa shape index (κ1) is 17.2. The molecule has 1 heterocycles. The molecule has 1 aromatic heterocycles. The standard InChI is InChI=1S/C21H14O5S/c1-2-26-21(25)17-14(22)10-13-16(18(17)15-8-5-9-27-15)20(24)12-7-4-3-6-11(12)19(13)23/h3-10,22H,2H2,1H3. The second-order valence-electron chi connectivity index (χ2n) is 5.97. The fraction of sp³-hybridized carbons (Fsp3) is 0.0952. The van der Waals surface area contributed by atoms with Crippen LogP contribution in [0.5, 0.6) is 5.75 Å². The normalized spacial score (nSPS) is 12.5. The molecule has 0 aliphatic heterocycles. The van der Waals surface area contributed by atoms with E-state index >= 15 is 0 Å². The number of hydrogen-bond acceptors (Lipinski definition) is 6. The summed E-state index contributed by atoms with van der Waals surface area (Å²) in [6, 6.07) is 11.2. The number of hydrogen-bond donors (Lipinski definition) is 1. The number of phenolic OH excluding ortho intramolecular Hbond substituents is 1. The number of benzene rings is 2. The maximum absolute atomic E-state index is 13.2. The van der Waals surface area contributed by atoms with Crippen molar-refractivity contribution in [2.24, 2.45) is 0 Å². The number of rotatable bonds is 3. The van der Waals surface area contributed by atoms with E-state index in [0.717, 1.165) is 0 Å². The number of carbonyl (C=O) groups excluding carboxylic acids is 3. The molecule has 0 unspecified atom stereocenters. The summed E-state index contributed by atoms with van der Waals surface area (Å²) < 4.78 is 5.08. The number of ketones is 2. The Morgan fingerprint density at radius 3 is 2.33 bits per heavy atom. The molecule has 134 valence electrons. The lowest BCUT2D eigenvalue weighted by molar-refractivity contribution is 0.0523. The van der Waals surface area contributed by atoms with Crippen molar-refractivity contribution in [1.82, 2.24) is 0 Å². The lowest BCUT2D eigenvalue weighted by Gasteiger charge is -2.22. The SMILES string of the molecule is CCOC(=O)c1c(O)cc2c(c1-c1cccs1)C(=O)c1ccccc1C2=O. The van der Waals surface area contributed by atoms with Crippen LogP contribution in [-0.4, -0.2) is 29.2 Å². The zero-order valence-electron chi connectivity index (χ0n) is 14.3. The van der Waals surface area contributed by atoms with Crippen LogP contribution in [0, 0.1) is 0 Å². The number of fused-ring (bicyclic) bond motifs is 2. The predicted octanol–water partition coefficient (Wildman–Crippen LogP) is 4.07. The fourth-order valence-corrected chi connectivity index (χ4v) is 4.10. The van der Waals surface area contributed by atoms with E-state index in [0.29, 0.717) is 4.88 Å². The Labute approximate surface area is 158 Å². The molecule has 6 heteroatoms. The van der Waals surface area contributed by atoms with Crippen molar-refractivity contribution in [1.29, 1.82) is 0 Å². The highest BCUT2D eigenvalue weighted by Gasteiger charge is 2.36. The second-order valence-corrected chi connectivity index (χ2v) is 6.92. The van der Waals surface area contributed by atoms with Crippen molar-refractivity contribution in [3.63, 3.8) is 0 Å². The molecular weight excluding hydrogens is 364 g/mol. The number of esters is 1. The lowest BCUT2D eigenvalue weighted by atomic mass is 9.79. The average Bonchev–Trinajstić information content (AvgIpc) is 3.19. The van der Waals surface area contributed by atoms with Gasteiger partial charge in [-0.2, -0.15) is 0 Å². The first-order valence-electron chi connectivity index (χ1n) is 8.34. The molecule has 27 heavy (non-hydrogen) atoms. The van der Waals surface area contributed by atoms with Crippen LogP contribution in [0.2, 0.25) is 0 Å². The quantitative estimate of drug-likeness (QED) is 0.544. The molecule has 0 amide bonds. The maximum atomic E-state index is 13.2. The van der Waals surface area contributed by atoms with Crippen LogP contribution >= 0.6 is 11.3 Å². The Balaban J connectivity index is 2.09. The van der Waals surface area contributed by atoms with E-state index in [4.69, 9.17) is 4.74 Å². The van der Waals surface area contributed by atoms with Gasteiger partial charge in [0, 0.05) is 32.7 Å². The van der Waals surface area contributed by atoms with Crippen LogP contribution in [-0.2, 0) is 4.74 Å². The van der Waals surface area contributed by atoms with Gasteiger partial charge in [0.05, 0.1) is 6.61 Å². The summed E-state index contributed by atoms with van der Waals surface area (Å²) in [5, 5.41) is 12.3. The third-order valence-electron chi connectivity index (χ3n) is 4.44. The molecule has 0 saturated heterocycles. The third kappa shape index (κ3) is 2.57. The molecule has 2 aromatic carbocycles. The Hall–Kier alpha value is -3.25. The number of thiophene rings is 1. The molecule has 0 bridgehead atoms. The first-order valence-corrected chi connectivity index (χ1v) is 9.22. The minimum absolute atomic E-state index is 0.0904. The lowest BCUT2D eigenvalue weighted by Crippen LogP contribution is -2.23. The van der Waals surface area contributed by atoms with Crippen molar-refractivity contribution in [2.75, 3.05) is 6.61 Å². The van der Waals surface area contributed by atoms with Crippen molar-refractivity contribution in [3.05, 3.63) is 75.7 Å². The van der Waals surface area contributed by atoms with Crippen molar-refractivity contribution < 1.29 is 24.2 Å². The Bertz CT molecular complexity index is 1100. The smallest absolute Gasteiger partial charge is 0.342 e. The van der Waals surface area contributed by atoms with Crippen LogP contribution < -0.4 is 0 Å². The molecule has 4 rings (SSSR count). The topological polar surface area (TPSA) is 80.7 Å². The van der Waals surface area contributed by atoms with E-state index < -0.39 is 5.97 Å². The van der Waals surface area contributed by atoms with Crippen LogP contribution in [0.3, 0.4) is 0 Å². The Morgan fingerprint density at radius 1 is 1.00 bits per heavy atom. The predicted molar refractivity (Wildman–Crippen MR) is 101 cm³/mol. The zero-order chi connectivity index (χ0) is 19.1. The summed E-state index contributed by atoms with van der Waals surface area (Å²) in [6.45, 7) is 1.78. The fourth-order valence-electron chi connectivity index (χ4n) is 3.32. The number of phenols is 1. The zero-order valence-corrected chi connectivity index (χ0v) is 15.1. The van der Waals surface area contributed by atoms with Gasteiger partial charge in [0.15, 0.2) is 11.6 Å². The van der Waals surface area contributed by atoms with Gasteiger partial charge in [-0.3, -0.25) is 9.59 Å². The average molecular weight is 378 g/mol. The van der Waals surface area contributed by atoms with Gasteiger partial charge in [0.2, 0.25) is 0 Å². The highest BCUT2D eigenvalue weighted by Crippen LogP contribution is 2.42. The molecule has 5 nitrogen and oxygen atoms in total. The van der Waals surface area contributed by atoms with Gasteiger partial charge in [0.1, 0.15) is 11.3 Å². The number of carbonyl (C=O) groups is 3. The molecule has 3 aromatic rings. The van der Waals surface area contributed by atoms with Gasteiger partial charge in [-0.1, -0.05) is 30.3 Å². The summed E-state index contributed by atoms with van der Waals surface area (Å²) in [6.07, 6.45) is 0. The Morgan fingerprint density at radius 2 is 1.70 bits per heavy atom. The highest BCUT2D eigenvalue weighted by atomic mass is 32.1. The maximum Gasteiger partial charge on any atom is 0.342 e. The van der Waals surface area contributed by atoms with E-state index in [-0.39, 0.29) is 57.3 Å². The Kier molecular flexibility index (Phi) is 4.12. The van der Waals surface area contributed by atoms with E-state index in [2.05, 4.69) is 0 Å². The molecule has 1 aliphatic carbocycles. The molecule has 0 radical (unpaired) electrons. The van der Waals surface area contributed by atoms with Crippen LogP contribution in [0.25, 0.3) is 10.4 Å². The van der Waals surface area contributed by atoms with Gasteiger partial charge in [-0.05, 0) is 24.4 Å². The van der Waals surface area contributed by atoms with Gasteiger partial charge < -0.3 is 9.84 Å². The molecular formula is C21H14O5S. The van der Waals surface area contributed by atoms with Crippen LogP contribution in [0.1, 0.15) is 49.1 Å². The molecule has 1 aliphatic rings. The molecule has 1 N–H and O–H groups in total. The van der Waals surface area contributed by atoms with Crippen molar-refractivity contribution in [3.8, 4) is 16.2 Å². The molecule has 0 spiro atoms. The number of aromatic hydroxyl groups is 1. The second kappa shape index (κ2) is 6.48. The number of ether oxygens (including phenoxy) is 1. The van der Waals surface area contributed by atoms with E-state index in [1.165, 1.54) is 17.4 Å². The summed E-state index contributed by atoms with van der Waals surface area (Å²) in [7, 11) is 0. The minimum Gasteiger partial charge on any atom is -0.507 e. The van der Waals surface area contributed by atoms with Crippen LogP contribution in [0.4, 0.5) is 0 Å². The van der Waals surface area contributed by atoms with Crippen LogP contribution in [0.15, 0.2) is 47.8 Å².